The summed E-state index contributed by atoms with van der Waals surface area (Å²) in [5, 5.41) is 4.57. The Hall–Kier alpha value is -3.12. The summed E-state index contributed by atoms with van der Waals surface area (Å²) in [4.78, 5) is 13.7. The van der Waals surface area contributed by atoms with Crippen LogP contribution in [0.25, 0.3) is 21.3 Å². The molecule has 2 aromatic carbocycles. The second-order valence-electron chi connectivity index (χ2n) is 7.24. The molecule has 0 atom stereocenters. The van der Waals surface area contributed by atoms with Crippen molar-refractivity contribution in [3.05, 3.63) is 59.7 Å². The molecule has 0 amide bonds. The minimum atomic E-state index is 0.661. The van der Waals surface area contributed by atoms with Gasteiger partial charge in [-0.2, -0.15) is 0 Å². The standard InChI is InChI=1S/C25H28N4OS/c1-5-29(6-2)20-12-10-19(11-13-20)28-24-23-22(17(4)31-25(23)27-16-26-24)18-8-14-21(15-9-18)30-7-3/h8-16H,5-7H2,1-4H3,(H,26,27,28). The van der Waals surface area contributed by atoms with Gasteiger partial charge in [0.25, 0.3) is 0 Å². The van der Waals surface area contributed by atoms with Crippen molar-refractivity contribution in [2.24, 2.45) is 0 Å². The third-order valence-corrected chi connectivity index (χ3v) is 6.39. The Morgan fingerprint density at radius 1 is 0.935 bits per heavy atom. The van der Waals surface area contributed by atoms with Crippen molar-refractivity contribution in [1.29, 1.82) is 0 Å². The van der Waals surface area contributed by atoms with Crippen molar-refractivity contribution in [1.82, 2.24) is 9.97 Å². The van der Waals surface area contributed by atoms with E-state index in [1.807, 2.05) is 19.1 Å². The predicted octanol–water partition coefficient (Wildman–Crippen LogP) is 6.66. The van der Waals surface area contributed by atoms with Gasteiger partial charge >= 0.3 is 0 Å². The number of nitrogens with zero attached hydrogens (tertiary/aromatic N) is 3. The summed E-state index contributed by atoms with van der Waals surface area (Å²) in [5.41, 5.74) is 4.55. The van der Waals surface area contributed by atoms with Crippen LogP contribution in [0, 0.1) is 6.92 Å². The number of benzene rings is 2. The lowest BCUT2D eigenvalue weighted by molar-refractivity contribution is 0.340. The first-order chi connectivity index (χ1) is 15.1. The van der Waals surface area contributed by atoms with Crippen molar-refractivity contribution < 1.29 is 4.74 Å². The number of hydrogen-bond acceptors (Lipinski definition) is 6. The Morgan fingerprint density at radius 3 is 2.29 bits per heavy atom. The molecule has 0 aliphatic heterocycles. The molecule has 0 bridgehead atoms. The molecule has 0 aliphatic carbocycles. The molecule has 0 aliphatic rings. The molecule has 6 heteroatoms. The van der Waals surface area contributed by atoms with E-state index in [0.29, 0.717) is 6.61 Å². The maximum Gasteiger partial charge on any atom is 0.143 e. The second kappa shape index (κ2) is 9.35. The highest BCUT2D eigenvalue weighted by atomic mass is 32.1. The van der Waals surface area contributed by atoms with E-state index in [0.717, 1.165) is 46.1 Å². The van der Waals surface area contributed by atoms with E-state index in [1.54, 1.807) is 17.7 Å². The third-order valence-electron chi connectivity index (χ3n) is 5.38. The topological polar surface area (TPSA) is 50.3 Å². The molecule has 0 spiro atoms. The Balaban J connectivity index is 1.70. The lowest BCUT2D eigenvalue weighted by Gasteiger charge is -2.21. The number of fused-ring (bicyclic) bond motifs is 1. The van der Waals surface area contributed by atoms with E-state index < -0.39 is 0 Å². The first-order valence-corrected chi connectivity index (χ1v) is 11.6. The molecular formula is C25H28N4OS. The van der Waals surface area contributed by atoms with Crippen molar-refractivity contribution in [3.8, 4) is 16.9 Å². The molecule has 2 aromatic heterocycles. The van der Waals surface area contributed by atoms with Gasteiger partial charge in [-0.05, 0) is 69.7 Å². The zero-order chi connectivity index (χ0) is 21.8. The van der Waals surface area contributed by atoms with Gasteiger partial charge < -0.3 is 15.0 Å². The summed E-state index contributed by atoms with van der Waals surface area (Å²) in [5.74, 6) is 1.71. The molecule has 0 fully saturated rings. The molecule has 31 heavy (non-hydrogen) atoms. The number of anilines is 3. The van der Waals surface area contributed by atoms with E-state index >= 15 is 0 Å². The molecule has 0 saturated carbocycles. The minimum absolute atomic E-state index is 0.661. The average molecular weight is 433 g/mol. The number of aryl methyl sites for hydroxylation is 1. The molecule has 0 saturated heterocycles. The van der Waals surface area contributed by atoms with Crippen LogP contribution in [0.15, 0.2) is 54.9 Å². The summed E-state index contributed by atoms with van der Waals surface area (Å²) in [6.45, 7) is 11.1. The van der Waals surface area contributed by atoms with Crippen LogP contribution in [0.5, 0.6) is 5.75 Å². The highest BCUT2D eigenvalue weighted by molar-refractivity contribution is 7.19. The van der Waals surface area contributed by atoms with Gasteiger partial charge in [0, 0.05) is 34.9 Å². The van der Waals surface area contributed by atoms with E-state index in [-0.39, 0.29) is 0 Å². The fourth-order valence-electron chi connectivity index (χ4n) is 3.85. The van der Waals surface area contributed by atoms with Crippen LogP contribution in [0.1, 0.15) is 25.6 Å². The lowest BCUT2D eigenvalue weighted by atomic mass is 10.0. The van der Waals surface area contributed by atoms with Gasteiger partial charge in [0.1, 0.15) is 22.7 Å². The van der Waals surface area contributed by atoms with Crippen molar-refractivity contribution in [3.63, 3.8) is 0 Å². The van der Waals surface area contributed by atoms with Crippen molar-refractivity contribution >= 4 is 38.7 Å². The van der Waals surface area contributed by atoms with Crippen molar-refractivity contribution in [2.75, 3.05) is 29.9 Å². The Kier molecular flexibility index (Phi) is 6.37. The zero-order valence-electron chi connectivity index (χ0n) is 18.5. The monoisotopic (exact) mass is 432 g/mol. The zero-order valence-corrected chi connectivity index (χ0v) is 19.3. The van der Waals surface area contributed by atoms with E-state index in [9.17, 15) is 0 Å². The largest absolute Gasteiger partial charge is 0.494 e. The van der Waals surface area contributed by atoms with Crippen LogP contribution < -0.4 is 15.0 Å². The highest BCUT2D eigenvalue weighted by Gasteiger charge is 2.17. The highest BCUT2D eigenvalue weighted by Crippen LogP contribution is 2.41. The van der Waals surface area contributed by atoms with Crippen LogP contribution in [0.3, 0.4) is 0 Å². The van der Waals surface area contributed by atoms with E-state index in [2.05, 4.69) is 77.4 Å². The number of rotatable bonds is 8. The lowest BCUT2D eigenvalue weighted by Crippen LogP contribution is -2.21. The number of thiophene rings is 1. The molecule has 5 nitrogen and oxygen atoms in total. The normalized spacial score (nSPS) is 11.0. The van der Waals surface area contributed by atoms with Crippen LogP contribution in [0.4, 0.5) is 17.2 Å². The Bertz CT molecular complexity index is 1150. The van der Waals surface area contributed by atoms with Crippen molar-refractivity contribution in [2.45, 2.75) is 27.7 Å². The molecule has 4 rings (SSSR count). The Labute approximate surface area is 187 Å². The number of ether oxygens (including phenoxy) is 1. The first kappa shape index (κ1) is 21.1. The van der Waals surface area contributed by atoms with Gasteiger partial charge in [-0.1, -0.05) is 12.1 Å². The van der Waals surface area contributed by atoms with Gasteiger partial charge in [-0.3, -0.25) is 0 Å². The molecule has 4 aromatic rings. The summed E-state index contributed by atoms with van der Waals surface area (Å²) in [7, 11) is 0. The number of nitrogens with one attached hydrogen (secondary N) is 1. The molecule has 160 valence electrons. The summed E-state index contributed by atoms with van der Waals surface area (Å²) in [6.07, 6.45) is 1.63. The second-order valence-corrected chi connectivity index (χ2v) is 8.44. The van der Waals surface area contributed by atoms with E-state index in [4.69, 9.17) is 4.74 Å². The van der Waals surface area contributed by atoms with Gasteiger partial charge in [-0.15, -0.1) is 11.3 Å². The molecular weight excluding hydrogens is 404 g/mol. The van der Waals surface area contributed by atoms with Gasteiger partial charge in [0.2, 0.25) is 0 Å². The smallest absolute Gasteiger partial charge is 0.143 e. The molecule has 0 unspecified atom stereocenters. The number of hydrogen-bond donors (Lipinski definition) is 1. The van der Waals surface area contributed by atoms with Gasteiger partial charge in [0.15, 0.2) is 0 Å². The van der Waals surface area contributed by atoms with Crippen LogP contribution >= 0.6 is 11.3 Å². The van der Waals surface area contributed by atoms with Gasteiger partial charge in [0.05, 0.1) is 12.0 Å². The third kappa shape index (κ3) is 4.35. The average Bonchev–Trinajstić information content (AvgIpc) is 3.13. The quantitative estimate of drug-likeness (QED) is 0.337. The van der Waals surface area contributed by atoms with Gasteiger partial charge in [-0.25, -0.2) is 9.97 Å². The van der Waals surface area contributed by atoms with Crippen LogP contribution in [-0.4, -0.2) is 29.7 Å². The molecule has 2 heterocycles. The fraction of sp³-hybridized carbons (Fsp3) is 0.280. The van der Waals surface area contributed by atoms with Crippen LogP contribution in [0.2, 0.25) is 0 Å². The summed E-state index contributed by atoms with van der Waals surface area (Å²) in [6, 6.07) is 16.8. The SMILES string of the molecule is CCOc1ccc(-c2c(C)sc3ncnc(Nc4ccc(N(CC)CC)cc4)c23)cc1. The maximum absolute atomic E-state index is 5.60. The first-order valence-electron chi connectivity index (χ1n) is 10.7. The van der Waals surface area contributed by atoms with Crippen LogP contribution in [-0.2, 0) is 0 Å². The van der Waals surface area contributed by atoms with E-state index in [1.165, 1.54) is 16.1 Å². The number of aromatic nitrogens is 2. The predicted molar refractivity (Wildman–Crippen MR) is 132 cm³/mol. The summed E-state index contributed by atoms with van der Waals surface area (Å²) >= 11 is 1.70. The Morgan fingerprint density at radius 2 is 1.65 bits per heavy atom. The molecule has 0 radical (unpaired) electrons. The summed E-state index contributed by atoms with van der Waals surface area (Å²) < 4.78 is 5.60. The fourth-order valence-corrected chi connectivity index (χ4v) is 4.86. The maximum atomic E-state index is 5.60. The minimum Gasteiger partial charge on any atom is -0.494 e. The molecule has 1 N–H and O–H groups in total.